The Morgan fingerprint density at radius 1 is 1.21 bits per heavy atom. The molecule has 2 heterocycles. The van der Waals surface area contributed by atoms with Crippen molar-refractivity contribution in [1.29, 1.82) is 0 Å². The van der Waals surface area contributed by atoms with Gasteiger partial charge in [-0.3, -0.25) is 19.1 Å². The molecule has 0 aliphatic rings. The highest BCUT2D eigenvalue weighted by molar-refractivity contribution is 6.12. The Balaban J connectivity index is 2.23. The molecule has 0 fully saturated rings. The molecule has 182 valence electrons. The fourth-order valence-electron chi connectivity index (χ4n) is 3.47. The molecule has 11 heteroatoms. The van der Waals surface area contributed by atoms with E-state index in [-0.39, 0.29) is 47.1 Å². The standard InChI is InChI=1S/C23H25F3N4O4/c1-5-9-30-19-18(21(32)29-22(30)33)14(11-15(27-19)12(3)4)20(31)28-16-10-13(23(24,25)26)7-8-17(16)34-6-2/h7-8,10-12H,5-6,9H2,1-4H3,(H,28,31)(H,29,32,33). The second-order valence-electron chi connectivity index (χ2n) is 7.95. The summed E-state index contributed by atoms with van der Waals surface area (Å²) in [7, 11) is 0. The van der Waals surface area contributed by atoms with E-state index in [1.165, 1.54) is 10.6 Å². The van der Waals surface area contributed by atoms with E-state index in [4.69, 9.17) is 4.74 Å². The average molecular weight is 478 g/mol. The molecule has 0 saturated heterocycles. The van der Waals surface area contributed by atoms with Gasteiger partial charge >= 0.3 is 11.9 Å². The molecule has 2 aromatic heterocycles. The van der Waals surface area contributed by atoms with Crippen molar-refractivity contribution in [1.82, 2.24) is 14.5 Å². The summed E-state index contributed by atoms with van der Waals surface area (Å²) in [5, 5.41) is 2.32. The lowest BCUT2D eigenvalue weighted by molar-refractivity contribution is -0.137. The Morgan fingerprint density at radius 3 is 2.50 bits per heavy atom. The van der Waals surface area contributed by atoms with Crippen molar-refractivity contribution >= 4 is 22.6 Å². The van der Waals surface area contributed by atoms with E-state index in [0.717, 1.165) is 18.2 Å². The highest BCUT2D eigenvalue weighted by atomic mass is 19.4. The maximum atomic E-state index is 13.3. The van der Waals surface area contributed by atoms with Crippen molar-refractivity contribution in [2.75, 3.05) is 11.9 Å². The molecule has 0 radical (unpaired) electrons. The number of hydrogen-bond donors (Lipinski definition) is 2. The number of amides is 1. The van der Waals surface area contributed by atoms with Gasteiger partial charge in [-0.15, -0.1) is 0 Å². The van der Waals surface area contributed by atoms with E-state index < -0.39 is 28.9 Å². The van der Waals surface area contributed by atoms with Gasteiger partial charge in [0.1, 0.15) is 5.75 Å². The van der Waals surface area contributed by atoms with E-state index >= 15 is 0 Å². The van der Waals surface area contributed by atoms with Crippen LogP contribution in [0, 0.1) is 0 Å². The molecule has 1 aromatic carbocycles. The van der Waals surface area contributed by atoms with Gasteiger partial charge in [0.2, 0.25) is 0 Å². The molecule has 34 heavy (non-hydrogen) atoms. The highest BCUT2D eigenvalue weighted by Gasteiger charge is 2.31. The first kappa shape index (κ1) is 25.0. The number of halogens is 3. The molecule has 0 unspecified atom stereocenters. The first-order valence-electron chi connectivity index (χ1n) is 10.8. The number of alkyl halides is 3. The molecule has 2 N–H and O–H groups in total. The maximum Gasteiger partial charge on any atom is 0.416 e. The van der Waals surface area contributed by atoms with Crippen LogP contribution >= 0.6 is 0 Å². The van der Waals surface area contributed by atoms with Gasteiger partial charge in [0, 0.05) is 12.2 Å². The van der Waals surface area contributed by atoms with E-state index in [0.29, 0.717) is 12.1 Å². The van der Waals surface area contributed by atoms with Gasteiger partial charge in [-0.25, -0.2) is 9.78 Å². The topological polar surface area (TPSA) is 106 Å². The zero-order valence-corrected chi connectivity index (χ0v) is 19.2. The number of aryl methyl sites for hydroxylation is 1. The summed E-state index contributed by atoms with van der Waals surface area (Å²) in [5.74, 6) is -0.946. The zero-order valence-electron chi connectivity index (χ0n) is 19.2. The van der Waals surface area contributed by atoms with Gasteiger partial charge in [0.05, 0.1) is 28.8 Å². The van der Waals surface area contributed by atoms with Gasteiger partial charge in [0.25, 0.3) is 11.5 Å². The Kier molecular flexibility index (Phi) is 7.13. The number of H-pyrrole nitrogens is 1. The molecule has 0 saturated carbocycles. The summed E-state index contributed by atoms with van der Waals surface area (Å²) in [6, 6.07) is 4.16. The quantitative estimate of drug-likeness (QED) is 0.527. The van der Waals surface area contributed by atoms with Gasteiger partial charge in [-0.05, 0) is 43.5 Å². The summed E-state index contributed by atoms with van der Waals surface area (Å²) in [4.78, 5) is 45.0. The lowest BCUT2D eigenvalue weighted by Gasteiger charge is -2.17. The number of rotatable bonds is 7. The highest BCUT2D eigenvalue weighted by Crippen LogP contribution is 2.35. The summed E-state index contributed by atoms with van der Waals surface area (Å²) >= 11 is 0. The predicted molar refractivity (Wildman–Crippen MR) is 122 cm³/mol. The number of nitrogens with one attached hydrogen (secondary N) is 2. The normalized spacial score (nSPS) is 11.8. The third-order valence-corrected chi connectivity index (χ3v) is 5.11. The number of carbonyl (C=O) groups excluding carboxylic acids is 1. The third-order valence-electron chi connectivity index (χ3n) is 5.11. The molecule has 0 aliphatic carbocycles. The van der Waals surface area contributed by atoms with Crippen LogP contribution in [0.4, 0.5) is 18.9 Å². The fraction of sp³-hybridized carbons (Fsp3) is 0.391. The number of fused-ring (bicyclic) bond motifs is 1. The first-order valence-corrected chi connectivity index (χ1v) is 10.8. The molecule has 3 aromatic rings. The van der Waals surface area contributed by atoms with Crippen LogP contribution in [-0.2, 0) is 12.7 Å². The Labute approximate surface area is 192 Å². The van der Waals surface area contributed by atoms with Crippen LogP contribution < -0.4 is 21.3 Å². The number of pyridine rings is 1. The van der Waals surface area contributed by atoms with E-state index in [2.05, 4.69) is 15.3 Å². The van der Waals surface area contributed by atoms with Crippen LogP contribution in [0.1, 0.15) is 61.6 Å². The molecular formula is C23H25F3N4O4. The lowest BCUT2D eigenvalue weighted by atomic mass is 10.0. The molecule has 0 aliphatic heterocycles. The second-order valence-corrected chi connectivity index (χ2v) is 7.95. The first-order chi connectivity index (χ1) is 16.0. The van der Waals surface area contributed by atoms with Gasteiger partial charge in [-0.2, -0.15) is 13.2 Å². The van der Waals surface area contributed by atoms with Crippen molar-refractivity contribution in [3.8, 4) is 5.75 Å². The third kappa shape index (κ3) is 4.97. The molecule has 8 nitrogen and oxygen atoms in total. The lowest BCUT2D eigenvalue weighted by Crippen LogP contribution is -2.32. The van der Waals surface area contributed by atoms with Crippen molar-refractivity contribution in [3.63, 3.8) is 0 Å². The smallest absolute Gasteiger partial charge is 0.416 e. The van der Waals surface area contributed by atoms with E-state index in [9.17, 15) is 27.6 Å². The average Bonchev–Trinajstić information content (AvgIpc) is 2.76. The number of anilines is 1. The van der Waals surface area contributed by atoms with Crippen LogP contribution in [0.2, 0.25) is 0 Å². The monoisotopic (exact) mass is 478 g/mol. The summed E-state index contributed by atoms with van der Waals surface area (Å²) < 4.78 is 46.4. The van der Waals surface area contributed by atoms with Crippen LogP contribution in [0.3, 0.4) is 0 Å². The molecule has 0 bridgehead atoms. The number of ether oxygens (including phenoxy) is 1. The summed E-state index contributed by atoms with van der Waals surface area (Å²) in [6.45, 7) is 7.56. The minimum Gasteiger partial charge on any atom is -0.492 e. The summed E-state index contributed by atoms with van der Waals surface area (Å²) in [5.41, 5.74) is -2.26. The van der Waals surface area contributed by atoms with Crippen molar-refractivity contribution in [3.05, 3.63) is 61.9 Å². The Bertz CT molecular complexity index is 1340. The van der Waals surface area contributed by atoms with Gasteiger partial charge in [-0.1, -0.05) is 20.8 Å². The van der Waals surface area contributed by atoms with E-state index in [1.54, 1.807) is 6.92 Å². The molecule has 0 spiro atoms. The maximum absolute atomic E-state index is 13.3. The number of hydrogen-bond acceptors (Lipinski definition) is 5. The van der Waals surface area contributed by atoms with Crippen LogP contribution in [0.5, 0.6) is 5.75 Å². The number of carbonyl (C=O) groups is 1. The number of benzene rings is 1. The minimum atomic E-state index is -4.63. The molecule has 1 amide bonds. The van der Waals surface area contributed by atoms with Gasteiger partial charge < -0.3 is 10.1 Å². The van der Waals surface area contributed by atoms with Crippen molar-refractivity contribution in [2.45, 2.75) is 52.8 Å². The minimum absolute atomic E-state index is 0.0426. The van der Waals surface area contributed by atoms with Crippen molar-refractivity contribution in [2.24, 2.45) is 0 Å². The molecule has 0 atom stereocenters. The predicted octanol–water partition coefficient (Wildman–Crippen LogP) is 4.29. The van der Waals surface area contributed by atoms with Crippen LogP contribution in [0.15, 0.2) is 33.9 Å². The Morgan fingerprint density at radius 2 is 1.91 bits per heavy atom. The van der Waals surface area contributed by atoms with Crippen LogP contribution in [0.25, 0.3) is 11.0 Å². The van der Waals surface area contributed by atoms with E-state index in [1.807, 2.05) is 20.8 Å². The number of aromatic amines is 1. The molecular weight excluding hydrogens is 453 g/mol. The number of aromatic nitrogens is 3. The molecule has 3 rings (SSSR count). The SMILES string of the molecule is CCCn1c(=O)[nH]c(=O)c2c(C(=O)Nc3cc(C(F)(F)F)ccc3OCC)cc(C(C)C)nc21. The van der Waals surface area contributed by atoms with Gasteiger partial charge in [0.15, 0.2) is 5.65 Å². The largest absolute Gasteiger partial charge is 0.492 e. The zero-order chi connectivity index (χ0) is 25.2. The Hall–Kier alpha value is -3.63. The second kappa shape index (κ2) is 9.70. The fourth-order valence-corrected chi connectivity index (χ4v) is 3.47. The van der Waals surface area contributed by atoms with Crippen molar-refractivity contribution < 1.29 is 22.7 Å². The number of nitrogens with zero attached hydrogens (tertiary/aromatic N) is 2. The summed E-state index contributed by atoms with van der Waals surface area (Å²) in [6.07, 6.45) is -4.07. The van der Waals surface area contributed by atoms with Crippen LogP contribution in [-0.4, -0.2) is 27.0 Å².